The van der Waals surface area contributed by atoms with E-state index in [2.05, 4.69) is 6.92 Å². The second kappa shape index (κ2) is 11.8. The molecule has 0 aromatic heterocycles. The van der Waals surface area contributed by atoms with Crippen LogP contribution in [0.4, 0.5) is 0 Å². The van der Waals surface area contributed by atoms with Crippen molar-refractivity contribution in [3.8, 4) is 5.75 Å². The molecular formula is C15H23NaO2. The standard InChI is InChI=1S/C15H22O2.Na.H/c1-2-3-4-5-6-10-13-15(16)17-14-11-8-7-9-12-14;;/h7-9,11-12H,2-6,10,13H2,1H3;;/q;+1;-1. The molecule has 1 aromatic rings. The summed E-state index contributed by atoms with van der Waals surface area (Å²) in [5.41, 5.74) is 0. The molecule has 96 valence electrons. The van der Waals surface area contributed by atoms with E-state index in [1.165, 1.54) is 25.7 Å². The first-order valence-corrected chi connectivity index (χ1v) is 6.58. The first-order chi connectivity index (χ1) is 8.33. The first kappa shape index (κ1) is 17.7. The molecular weight excluding hydrogens is 235 g/mol. The third-order valence-electron chi connectivity index (χ3n) is 2.71. The molecule has 0 aliphatic carbocycles. The molecule has 2 nitrogen and oxygen atoms in total. The number of rotatable bonds is 8. The van der Waals surface area contributed by atoms with E-state index in [-0.39, 0.29) is 37.0 Å². The second-order valence-corrected chi connectivity index (χ2v) is 4.30. The number of carbonyl (C=O) groups is 1. The molecule has 0 spiro atoms. The Morgan fingerprint density at radius 3 is 2.33 bits per heavy atom. The van der Waals surface area contributed by atoms with Crippen molar-refractivity contribution in [1.29, 1.82) is 0 Å². The van der Waals surface area contributed by atoms with Crippen LogP contribution in [0, 0.1) is 0 Å². The Balaban J connectivity index is 0. The molecule has 0 aliphatic heterocycles. The Kier molecular flexibility index (Phi) is 11.6. The minimum Gasteiger partial charge on any atom is -1.00 e. The number of unbranched alkanes of at least 4 members (excludes halogenated alkanes) is 5. The van der Waals surface area contributed by atoms with E-state index >= 15 is 0 Å². The molecule has 0 bridgehead atoms. The van der Waals surface area contributed by atoms with Gasteiger partial charge in [0.1, 0.15) is 5.75 Å². The van der Waals surface area contributed by atoms with Gasteiger partial charge >= 0.3 is 35.5 Å². The van der Waals surface area contributed by atoms with Crippen LogP contribution in [0.1, 0.15) is 53.3 Å². The van der Waals surface area contributed by atoms with Gasteiger partial charge in [-0.25, -0.2) is 0 Å². The molecule has 0 amide bonds. The smallest absolute Gasteiger partial charge is 1.00 e. The van der Waals surface area contributed by atoms with Crippen molar-refractivity contribution in [1.82, 2.24) is 0 Å². The van der Waals surface area contributed by atoms with Crippen LogP contribution in [0.2, 0.25) is 0 Å². The topological polar surface area (TPSA) is 26.3 Å². The van der Waals surface area contributed by atoms with Gasteiger partial charge in [0.05, 0.1) is 0 Å². The minimum absolute atomic E-state index is 0. The molecule has 0 saturated carbocycles. The maximum atomic E-state index is 11.5. The molecule has 0 saturated heterocycles. The van der Waals surface area contributed by atoms with Crippen molar-refractivity contribution in [3.63, 3.8) is 0 Å². The molecule has 0 N–H and O–H groups in total. The van der Waals surface area contributed by atoms with Crippen molar-refractivity contribution >= 4 is 5.97 Å². The largest absolute Gasteiger partial charge is 1.00 e. The summed E-state index contributed by atoms with van der Waals surface area (Å²) in [4.78, 5) is 11.5. The summed E-state index contributed by atoms with van der Waals surface area (Å²) in [6, 6.07) is 9.25. The van der Waals surface area contributed by atoms with Gasteiger partial charge in [-0.05, 0) is 18.6 Å². The zero-order valence-electron chi connectivity index (χ0n) is 12.7. The third kappa shape index (κ3) is 8.73. The fraction of sp³-hybridized carbons (Fsp3) is 0.533. The summed E-state index contributed by atoms with van der Waals surface area (Å²) in [6.45, 7) is 2.21. The van der Waals surface area contributed by atoms with E-state index in [0.717, 1.165) is 12.8 Å². The molecule has 0 aliphatic rings. The molecule has 0 fully saturated rings. The monoisotopic (exact) mass is 258 g/mol. The first-order valence-electron chi connectivity index (χ1n) is 6.58. The van der Waals surface area contributed by atoms with E-state index in [9.17, 15) is 4.79 Å². The summed E-state index contributed by atoms with van der Waals surface area (Å²) < 4.78 is 5.20. The zero-order valence-corrected chi connectivity index (χ0v) is 13.7. The van der Waals surface area contributed by atoms with Gasteiger partial charge in [0.25, 0.3) is 0 Å². The quantitative estimate of drug-likeness (QED) is 0.305. The average molecular weight is 258 g/mol. The van der Waals surface area contributed by atoms with E-state index < -0.39 is 0 Å². The van der Waals surface area contributed by atoms with E-state index in [4.69, 9.17) is 4.74 Å². The number of para-hydroxylation sites is 1. The average Bonchev–Trinajstić information content (AvgIpc) is 2.35. The second-order valence-electron chi connectivity index (χ2n) is 4.30. The van der Waals surface area contributed by atoms with Gasteiger partial charge in [-0.2, -0.15) is 0 Å². The maximum absolute atomic E-state index is 11.5. The number of esters is 1. The van der Waals surface area contributed by atoms with Gasteiger partial charge in [0.15, 0.2) is 0 Å². The van der Waals surface area contributed by atoms with Gasteiger partial charge < -0.3 is 6.16 Å². The Labute approximate surface area is 134 Å². The number of benzene rings is 1. The Bertz CT molecular complexity index is 317. The van der Waals surface area contributed by atoms with Crippen LogP contribution in [0.3, 0.4) is 0 Å². The van der Waals surface area contributed by atoms with Crippen molar-refractivity contribution in [3.05, 3.63) is 30.3 Å². The normalized spacial score (nSPS) is 9.61. The van der Waals surface area contributed by atoms with Gasteiger partial charge in [-0.1, -0.05) is 57.2 Å². The van der Waals surface area contributed by atoms with Gasteiger partial charge in [-0.3, -0.25) is 4.79 Å². The van der Waals surface area contributed by atoms with Gasteiger partial charge in [0.2, 0.25) is 0 Å². The van der Waals surface area contributed by atoms with Crippen LogP contribution >= 0.6 is 0 Å². The minimum atomic E-state index is -0.119. The van der Waals surface area contributed by atoms with Crippen molar-refractivity contribution < 1.29 is 40.5 Å². The van der Waals surface area contributed by atoms with Gasteiger partial charge in [-0.15, -0.1) is 0 Å². The molecule has 3 heteroatoms. The summed E-state index contributed by atoms with van der Waals surface area (Å²) in [5.74, 6) is 0.523. The Morgan fingerprint density at radius 2 is 1.67 bits per heavy atom. The predicted molar refractivity (Wildman–Crippen MR) is 71.2 cm³/mol. The van der Waals surface area contributed by atoms with Crippen LogP contribution in [0.15, 0.2) is 30.3 Å². The van der Waals surface area contributed by atoms with E-state index in [1.807, 2.05) is 18.2 Å². The Hall–Kier alpha value is -0.310. The predicted octanol–water partition coefficient (Wildman–Crippen LogP) is 1.46. The van der Waals surface area contributed by atoms with Crippen LogP contribution < -0.4 is 34.3 Å². The number of hydrogen-bond donors (Lipinski definition) is 0. The molecule has 1 rings (SSSR count). The summed E-state index contributed by atoms with van der Waals surface area (Å²) in [7, 11) is 0. The summed E-state index contributed by atoms with van der Waals surface area (Å²) in [6.07, 6.45) is 7.67. The van der Waals surface area contributed by atoms with E-state index in [1.54, 1.807) is 12.1 Å². The van der Waals surface area contributed by atoms with Crippen molar-refractivity contribution in [2.45, 2.75) is 51.9 Å². The number of ether oxygens (including phenoxy) is 1. The molecule has 18 heavy (non-hydrogen) atoms. The van der Waals surface area contributed by atoms with E-state index in [0.29, 0.717) is 12.2 Å². The van der Waals surface area contributed by atoms with Gasteiger partial charge in [0, 0.05) is 6.42 Å². The van der Waals surface area contributed by atoms with Crippen molar-refractivity contribution in [2.75, 3.05) is 0 Å². The molecule has 0 atom stereocenters. The summed E-state index contributed by atoms with van der Waals surface area (Å²) in [5, 5.41) is 0. The fourth-order valence-electron chi connectivity index (χ4n) is 1.72. The fourth-order valence-corrected chi connectivity index (χ4v) is 1.72. The third-order valence-corrected chi connectivity index (χ3v) is 2.71. The van der Waals surface area contributed by atoms with Crippen LogP contribution in [0.25, 0.3) is 0 Å². The zero-order chi connectivity index (χ0) is 12.3. The summed E-state index contributed by atoms with van der Waals surface area (Å²) >= 11 is 0. The molecule has 1 aromatic carbocycles. The SMILES string of the molecule is CCCCCCCCC(=O)Oc1ccccc1.[H-].[Na+]. The number of hydrogen-bond acceptors (Lipinski definition) is 2. The van der Waals surface area contributed by atoms with Crippen LogP contribution in [-0.2, 0) is 4.79 Å². The molecule has 0 radical (unpaired) electrons. The molecule has 0 heterocycles. The Morgan fingerprint density at radius 1 is 1.06 bits per heavy atom. The molecule has 0 unspecified atom stereocenters. The number of carbonyl (C=O) groups excluding carboxylic acids is 1. The van der Waals surface area contributed by atoms with Crippen LogP contribution in [0.5, 0.6) is 5.75 Å². The maximum Gasteiger partial charge on any atom is 1.00 e. The van der Waals surface area contributed by atoms with Crippen LogP contribution in [-0.4, -0.2) is 5.97 Å². The van der Waals surface area contributed by atoms with Crippen molar-refractivity contribution in [2.24, 2.45) is 0 Å².